The Labute approximate surface area is 74.3 Å². The fraction of sp³-hybridized carbons (Fsp3) is 0.375. The largest absolute Gasteiger partial charge is 0.489 e. The predicted octanol–water partition coefficient (Wildman–Crippen LogP) is 2.42. The van der Waals surface area contributed by atoms with E-state index in [1.807, 2.05) is 0 Å². The van der Waals surface area contributed by atoms with Crippen LogP contribution >= 0.6 is 11.6 Å². The van der Waals surface area contributed by atoms with E-state index in [4.69, 9.17) is 16.3 Å². The highest BCUT2D eigenvalue weighted by Crippen LogP contribution is 2.32. The molecule has 0 bridgehead atoms. The third-order valence-electron chi connectivity index (χ3n) is 1.63. The van der Waals surface area contributed by atoms with Crippen molar-refractivity contribution >= 4 is 11.6 Å². The van der Waals surface area contributed by atoms with E-state index < -0.39 is 5.95 Å². The smallest absolute Gasteiger partial charge is 0.235 e. The molecule has 0 spiro atoms. The van der Waals surface area contributed by atoms with Gasteiger partial charge in [0.15, 0.2) is 0 Å². The van der Waals surface area contributed by atoms with Crippen molar-refractivity contribution in [3.8, 4) is 5.75 Å². The van der Waals surface area contributed by atoms with Gasteiger partial charge in [-0.05, 0) is 12.8 Å². The van der Waals surface area contributed by atoms with E-state index in [2.05, 4.69) is 4.98 Å². The summed E-state index contributed by atoms with van der Waals surface area (Å²) in [7, 11) is 0. The van der Waals surface area contributed by atoms with Crippen molar-refractivity contribution in [2.45, 2.75) is 18.9 Å². The van der Waals surface area contributed by atoms with Gasteiger partial charge in [-0.25, -0.2) is 4.98 Å². The van der Waals surface area contributed by atoms with E-state index in [1.165, 1.54) is 6.20 Å². The number of pyridine rings is 1. The number of nitrogens with zero attached hydrogens (tertiary/aromatic N) is 1. The highest BCUT2D eigenvalue weighted by Gasteiger charge is 2.25. The molecule has 1 aliphatic carbocycles. The van der Waals surface area contributed by atoms with Gasteiger partial charge < -0.3 is 4.74 Å². The van der Waals surface area contributed by atoms with Crippen LogP contribution in [0.1, 0.15) is 12.8 Å². The Morgan fingerprint density at radius 1 is 1.58 bits per heavy atom. The van der Waals surface area contributed by atoms with Crippen LogP contribution in [0, 0.1) is 5.95 Å². The van der Waals surface area contributed by atoms with E-state index in [-0.39, 0.29) is 11.1 Å². The molecule has 0 N–H and O–H groups in total. The van der Waals surface area contributed by atoms with Crippen LogP contribution in [0.2, 0.25) is 5.02 Å². The molecule has 1 aromatic rings. The minimum absolute atomic E-state index is 0.0237. The van der Waals surface area contributed by atoms with Crippen LogP contribution < -0.4 is 4.74 Å². The van der Waals surface area contributed by atoms with Gasteiger partial charge in [-0.2, -0.15) is 4.39 Å². The van der Waals surface area contributed by atoms with Crippen molar-refractivity contribution in [1.82, 2.24) is 4.98 Å². The second-order valence-electron chi connectivity index (χ2n) is 2.73. The molecule has 64 valence electrons. The van der Waals surface area contributed by atoms with Gasteiger partial charge in [0, 0.05) is 12.3 Å². The molecular formula is C8H7ClFNO. The van der Waals surface area contributed by atoms with Crippen molar-refractivity contribution < 1.29 is 9.13 Å². The molecule has 0 amide bonds. The molecule has 2 nitrogen and oxygen atoms in total. The molecular weight excluding hydrogens is 181 g/mol. The first kappa shape index (κ1) is 7.80. The lowest BCUT2D eigenvalue weighted by Gasteiger charge is -2.05. The number of halogens is 2. The fourth-order valence-corrected chi connectivity index (χ4v) is 1.01. The molecule has 4 heteroatoms. The molecule has 0 atom stereocenters. The molecule has 12 heavy (non-hydrogen) atoms. The normalized spacial score (nSPS) is 16.2. The summed E-state index contributed by atoms with van der Waals surface area (Å²) in [6, 6.07) is 1.57. The third-order valence-corrected chi connectivity index (χ3v) is 1.97. The first-order valence-corrected chi connectivity index (χ1v) is 4.12. The van der Waals surface area contributed by atoms with Crippen LogP contribution in [0.5, 0.6) is 5.75 Å². The lowest BCUT2D eigenvalue weighted by molar-refractivity contribution is 0.301. The van der Waals surface area contributed by atoms with Crippen LogP contribution in [0.4, 0.5) is 4.39 Å². The second-order valence-corrected chi connectivity index (χ2v) is 3.11. The summed E-state index contributed by atoms with van der Waals surface area (Å²) in [6.07, 6.45) is 3.63. The van der Waals surface area contributed by atoms with E-state index >= 15 is 0 Å². The van der Waals surface area contributed by atoms with Crippen LogP contribution in [0.25, 0.3) is 0 Å². The van der Waals surface area contributed by atoms with Gasteiger partial charge in [0.1, 0.15) is 10.8 Å². The molecule has 1 heterocycles. The summed E-state index contributed by atoms with van der Waals surface area (Å²) in [4.78, 5) is 3.39. The van der Waals surface area contributed by atoms with E-state index in [0.717, 1.165) is 12.8 Å². The van der Waals surface area contributed by atoms with Gasteiger partial charge in [0.05, 0.1) is 6.10 Å². The maximum Gasteiger partial charge on any atom is 0.235 e. The Hall–Kier alpha value is -0.830. The zero-order valence-corrected chi connectivity index (χ0v) is 7.01. The maximum atomic E-state index is 12.7. The molecule has 0 saturated heterocycles. The zero-order chi connectivity index (χ0) is 8.55. The van der Waals surface area contributed by atoms with Gasteiger partial charge >= 0.3 is 0 Å². The van der Waals surface area contributed by atoms with Crippen molar-refractivity contribution in [3.05, 3.63) is 23.2 Å². The van der Waals surface area contributed by atoms with Crippen molar-refractivity contribution in [2.75, 3.05) is 0 Å². The minimum Gasteiger partial charge on any atom is -0.489 e. The van der Waals surface area contributed by atoms with Crippen molar-refractivity contribution in [2.24, 2.45) is 0 Å². The SMILES string of the molecule is Fc1nccc(OC2CC2)c1Cl. The molecule has 0 unspecified atom stereocenters. The Balaban J connectivity index is 2.23. The van der Waals surface area contributed by atoms with Gasteiger partial charge in [0.2, 0.25) is 5.95 Å². The highest BCUT2D eigenvalue weighted by atomic mass is 35.5. The van der Waals surface area contributed by atoms with Gasteiger partial charge in [-0.3, -0.25) is 0 Å². The quantitative estimate of drug-likeness (QED) is 0.664. The molecule has 1 fully saturated rings. The summed E-state index contributed by atoms with van der Waals surface area (Å²) in [5.41, 5.74) is 0. The van der Waals surface area contributed by atoms with E-state index in [0.29, 0.717) is 5.75 Å². The van der Waals surface area contributed by atoms with Crippen LogP contribution in [0.3, 0.4) is 0 Å². The standard InChI is InChI=1S/C8H7ClFNO/c9-7-6(12-5-1-2-5)3-4-11-8(7)10/h3-5H,1-2H2. The number of hydrogen-bond acceptors (Lipinski definition) is 2. The summed E-state index contributed by atoms with van der Waals surface area (Å²) in [6.45, 7) is 0. The lowest BCUT2D eigenvalue weighted by Crippen LogP contribution is -1.98. The number of ether oxygens (including phenoxy) is 1. The monoisotopic (exact) mass is 187 g/mol. The number of rotatable bonds is 2. The topological polar surface area (TPSA) is 22.1 Å². The Morgan fingerprint density at radius 2 is 2.33 bits per heavy atom. The summed E-state index contributed by atoms with van der Waals surface area (Å²) in [5.74, 6) is -0.276. The summed E-state index contributed by atoms with van der Waals surface area (Å²) in [5, 5.41) is -0.0237. The molecule has 0 radical (unpaired) electrons. The predicted molar refractivity (Wildman–Crippen MR) is 42.9 cm³/mol. The first-order valence-electron chi connectivity index (χ1n) is 3.74. The molecule has 0 aliphatic heterocycles. The highest BCUT2D eigenvalue weighted by molar-refractivity contribution is 6.32. The average molecular weight is 188 g/mol. The number of aromatic nitrogens is 1. The van der Waals surface area contributed by atoms with Crippen LogP contribution in [0.15, 0.2) is 12.3 Å². The number of hydrogen-bond donors (Lipinski definition) is 0. The molecule has 2 rings (SSSR count). The van der Waals surface area contributed by atoms with E-state index in [9.17, 15) is 4.39 Å². The van der Waals surface area contributed by atoms with Crippen LogP contribution in [-0.4, -0.2) is 11.1 Å². The molecule has 0 aromatic carbocycles. The van der Waals surface area contributed by atoms with Gasteiger partial charge in [-0.1, -0.05) is 11.6 Å². The van der Waals surface area contributed by atoms with Gasteiger partial charge in [-0.15, -0.1) is 0 Å². The Bertz CT molecular complexity index is 301. The first-order chi connectivity index (χ1) is 5.77. The fourth-order valence-electron chi connectivity index (χ4n) is 0.858. The molecule has 1 aromatic heterocycles. The maximum absolute atomic E-state index is 12.7. The summed E-state index contributed by atoms with van der Waals surface area (Å²) >= 11 is 5.60. The second kappa shape index (κ2) is 2.90. The molecule has 1 saturated carbocycles. The lowest BCUT2D eigenvalue weighted by atomic mass is 10.4. The minimum atomic E-state index is -0.671. The summed E-state index contributed by atoms with van der Waals surface area (Å²) < 4.78 is 18.1. The third kappa shape index (κ3) is 1.50. The van der Waals surface area contributed by atoms with Crippen molar-refractivity contribution in [1.29, 1.82) is 0 Å². The Kier molecular flexibility index (Phi) is 1.89. The van der Waals surface area contributed by atoms with Crippen LogP contribution in [-0.2, 0) is 0 Å². The van der Waals surface area contributed by atoms with Crippen molar-refractivity contribution in [3.63, 3.8) is 0 Å². The molecule has 1 aliphatic rings. The van der Waals surface area contributed by atoms with E-state index in [1.54, 1.807) is 6.07 Å². The van der Waals surface area contributed by atoms with Gasteiger partial charge in [0.25, 0.3) is 0 Å². The zero-order valence-electron chi connectivity index (χ0n) is 6.26. The Morgan fingerprint density at radius 3 is 3.00 bits per heavy atom. The average Bonchev–Trinajstić information content (AvgIpc) is 2.83.